The highest BCUT2D eigenvalue weighted by Gasteiger charge is 2.10. The predicted molar refractivity (Wildman–Crippen MR) is 82.7 cm³/mol. The lowest BCUT2D eigenvalue weighted by Gasteiger charge is -2.15. The standard InChI is InChI=1S/C14H14N4OS/c1-18(2)9-3-4-11(15)12(7-9)19-13-10-5-6-20-14(10)17-8-16-13/h3-8H,15H2,1-2H3. The zero-order valence-electron chi connectivity index (χ0n) is 11.2. The summed E-state index contributed by atoms with van der Waals surface area (Å²) < 4.78 is 5.88. The molecule has 0 saturated carbocycles. The van der Waals surface area contributed by atoms with Crippen LogP contribution in [0.5, 0.6) is 11.6 Å². The molecule has 0 aliphatic rings. The van der Waals surface area contributed by atoms with Gasteiger partial charge in [0.25, 0.3) is 0 Å². The fourth-order valence-corrected chi connectivity index (χ4v) is 2.57. The van der Waals surface area contributed by atoms with Crippen LogP contribution in [0.25, 0.3) is 10.2 Å². The van der Waals surface area contributed by atoms with E-state index in [0.717, 1.165) is 15.9 Å². The van der Waals surface area contributed by atoms with Crippen LogP contribution < -0.4 is 15.4 Å². The summed E-state index contributed by atoms with van der Waals surface area (Å²) in [7, 11) is 3.94. The van der Waals surface area contributed by atoms with E-state index >= 15 is 0 Å². The van der Waals surface area contributed by atoms with Crippen molar-refractivity contribution < 1.29 is 4.74 Å². The van der Waals surface area contributed by atoms with E-state index in [1.54, 1.807) is 11.3 Å². The van der Waals surface area contributed by atoms with E-state index in [4.69, 9.17) is 10.5 Å². The maximum absolute atomic E-state index is 5.97. The highest BCUT2D eigenvalue weighted by molar-refractivity contribution is 7.16. The molecule has 2 N–H and O–H groups in total. The van der Waals surface area contributed by atoms with E-state index in [0.29, 0.717) is 17.3 Å². The molecular weight excluding hydrogens is 272 g/mol. The van der Waals surface area contributed by atoms with Crippen LogP contribution in [0.1, 0.15) is 0 Å². The Morgan fingerprint density at radius 1 is 1.20 bits per heavy atom. The Labute approximate surface area is 120 Å². The van der Waals surface area contributed by atoms with Crippen molar-refractivity contribution in [3.05, 3.63) is 36.0 Å². The van der Waals surface area contributed by atoms with Gasteiger partial charge in [-0.15, -0.1) is 11.3 Å². The van der Waals surface area contributed by atoms with Crippen LogP contribution in [0.2, 0.25) is 0 Å². The molecule has 0 radical (unpaired) electrons. The molecular formula is C14H14N4OS. The first kappa shape index (κ1) is 12.7. The maximum atomic E-state index is 5.97. The summed E-state index contributed by atoms with van der Waals surface area (Å²) in [6, 6.07) is 7.62. The van der Waals surface area contributed by atoms with Crippen molar-refractivity contribution in [2.75, 3.05) is 24.7 Å². The fraction of sp³-hybridized carbons (Fsp3) is 0.143. The second kappa shape index (κ2) is 4.97. The van der Waals surface area contributed by atoms with Crippen molar-refractivity contribution in [2.45, 2.75) is 0 Å². The van der Waals surface area contributed by atoms with Crippen LogP contribution in [0.15, 0.2) is 36.0 Å². The first-order valence-electron chi connectivity index (χ1n) is 6.08. The zero-order valence-corrected chi connectivity index (χ0v) is 12.0. The minimum Gasteiger partial charge on any atom is -0.436 e. The number of ether oxygens (including phenoxy) is 1. The van der Waals surface area contributed by atoms with E-state index in [1.807, 2.05) is 48.6 Å². The van der Waals surface area contributed by atoms with Crippen LogP contribution >= 0.6 is 11.3 Å². The van der Waals surface area contributed by atoms with Gasteiger partial charge in [0.15, 0.2) is 5.75 Å². The first-order valence-corrected chi connectivity index (χ1v) is 6.96. The van der Waals surface area contributed by atoms with Crippen LogP contribution in [-0.4, -0.2) is 24.1 Å². The van der Waals surface area contributed by atoms with E-state index in [2.05, 4.69) is 9.97 Å². The van der Waals surface area contributed by atoms with Crippen molar-refractivity contribution >= 4 is 32.9 Å². The number of hydrogen-bond acceptors (Lipinski definition) is 6. The molecule has 20 heavy (non-hydrogen) atoms. The largest absolute Gasteiger partial charge is 0.436 e. The van der Waals surface area contributed by atoms with Crippen LogP contribution in [0.3, 0.4) is 0 Å². The Bertz CT molecular complexity index is 754. The van der Waals surface area contributed by atoms with E-state index < -0.39 is 0 Å². The number of thiophene rings is 1. The molecule has 0 aliphatic heterocycles. The number of rotatable bonds is 3. The summed E-state index contributed by atoms with van der Waals surface area (Å²) in [6.45, 7) is 0. The molecule has 102 valence electrons. The van der Waals surface area contributed by atoms with Crippen molar-refractivity contribution in [1.29, 1.82) is 0 Å². The minimum atomic E-state index is 0.527. The van der Waals surface area contributed by atoms with E-state index in [1.165, 1.54) is 6.33 Å². The van der Waals surface area contributed by atoms with Crippen LogP contribution in [-0.2, 0) is 0 Å². The van der Waals surface area contributed by atoms with Gasteiger partial charge in [0.2, 0.25) is 5.88 Å². The monoisotopic (exact) mass is 286 g/mol. The third-order valence-electron chi connectivity index (χ3n) is 2.95. The molecule has 3 aromatic rings. The van der Waals surface area contributed by atoms with Gasteiger partial charge in [-0.05, 0) is 23.6 Å². The van der Waals surface area contributed by atoms with Gasteiger partial charge < -0.3 is 15.4 Å². The number of nitrogen functional groups attached to an aromatic ring is 1. The summed E-state index contributed by atoms with van der Waals surface area (Å²) in [5.74, 6) is 1.13. The summed E-state index contributed by atoms with van der Waals surface area (Å²) >= 11 is 1.55. The van der Waals surface area contributed by atoms with Crippen molar-refractivity contribution in [1.82, 2.24) is 9.97 Å². The molecule has 0 bridgehead atoms. The lowest BCUT2D eigenvalue weighted by atomic mass is 10.2. The Balaban J connectivity index is 2.02. The molecule has 0 fully saturated rings. The molecule has 0 aliphatic carbocycles. The summed E-state index contributed by atoms with van der Waals surface area (Å²) in [5.41, 5.74) is 7.57. The molecule has 6 heteroatoms. The molecule has 0 spiro atoms. The number of hydrogen-bond donors (Lipinski definition) is 1. The van der Waals surface area contributed by atoms with Crippen molar-refractivity contribution in [3.8, 4) is 11.6 Å². The molecule has 0 saturated heterocycles. The maximum Gasteiger partial charge on any atom is 0.231 e. The third-order valence-corrected chi connectivity index (χ3v) is 3.77. The van der Waals surface area contributed by atoms with Crippen LogP contribution in [0, 0.1) is 0 Å². The summed E-state index contributed by atoms with van der Waals surface area (Å²) in [5, 5.41) is 2.86. The number of benzene rings is 1. The summed E-state index contributed by atoms with van der Waals surface area (Å²) in [4.78, 5) is 11.3. The fourth-order valence-electron chi connectivity index (χ4n) is 1.84. The van der Waals surface area contributed by atoms with Gasteiger partial charge in [0.1, 0.15) is 11.2 Å². The lowest BCUT2D eigenvalue weighted by Crippen LogP contribution is -2.08. The average Bonchev–Trinajstić information content (AvgIpc) is 2.90. The predicted octanol–water partition coefficient (Wildman–Crippen LogP) is 3.13. The Morgan fingerprint density at radius 2 is 2.05 bits per heavy atom. The Hall–Kier alpha value is -2.34. The minimum absolute atomic E-state index is 0.527. The zero-order chi connectivity index (χ0) is 14.1. The second-order valence-electron chi connectivity index (χ2n) is 4.54. The molecule has 0 atom stereocenters. The lowest BCUT2D eigenvalue weighted by molar-refractivity contribution is 0.470. The first-order chi connectivity index (χ1) is 9.65. The number of anilines is 2. The number of aromatic nitrogens is 2. The van der Waals surface area contributed by atoms with E-state index in [-0.39, 0.29) is 0 Å². The Morgan fingerprint density at radius 3 is 2.85 bits per heavy atom. The smallest absolute Gasteiger partial charge is 0.231 e. The van der Waals surface area contributed by atoms with Gasteiger partial charge >= 0.3 is 0 Å². The average molecular weight is 286 g/mol. The van der Waals surface area contributed by atoms with Gasteiger partial charge in [0, 0.05) is 25.8 Å². The Kier molecular flexibility index (Phi) is 3.15. The number of fused-ring (bicyclic) bond motifs is 1. The normalized spacial score (nSPS) is 10.7. The van der Waals surface area contributed by atoms with Gasteiger partial charge in [-0.25, -0.2) is 9.97 Å². The van der Waals surface area contributed by atoms with Gasteiger partial charge in [-0.3, -0.25) is 0 Å². The molecule has 5 nitrogen and oxygen atoms in total. The molecule has 0 amide bonds. The van der Waals surface area contributed by atoms with Gasteiger partial charge in [-0.1, -0.05) is 0 Å². The van der Waals surface area contributed by atoms with Gasteiger partial charge in [0.05, 0.1) is 11.1 Å². The van der Waals surface area contributed by atoms with Gasteiger partial charge in [-0.2, -0.15) is 0 Å². The van der Waals surface area contributed by atoms with E-state index in [9.17, 15) is 0 Å². The van der Waals surface area contributed by atoms with Crippen LogP contribution in [0.4, 0.5) is 11.4 Å². The molecule has 0 unspecified atom stereocenters. The molecule has 2 heterocycles. The highest BCUT2D eigenvalue weighted by Crippen LogP contribution is 2.34. The topological polar surface area (TPSA) is 64.3 Å². The third kappa shape index (κ3) is 2.25. The SMILES string of the molecule is CN(C)c1ccc(N)c(Oc2ncnc3sccc23)c1. The van der Waals surface area contributed by atoms with Crippen molar-refractivity contribution in [3.63, 3.8) is 0 Å². The second-order valence-corrected chi connectivity index (χ2v) is 5.43. The number of nitrogens with zero attached hydrogens (tertiary/aromatic N) is 3. The highest BCUT2D eigenvalue weighted by atomic mass is 32.1. The number of nitrogens with two attached hydrogens (primary N) is 1. The quantitative estimate of drug-likeness (QED) is 0.749. The molecule has 1 aromatic carbocycles. The molecule has 2 aromatic heterocycles. The van der Waals surface area contributed by atoms with Crippen molar-refractivity contribution in [2.24, 2.45) is 0 Å². The molecule has 3 rings (SSSR count). The summed E-state index contributed by atoms with van der Waals surface area (Å²) in [6.07, 6.45) is 1.50.